The van der Waals surface area contributed by atoms with E-state index < -0.39 is 5.60 Å². The van der Waals surface area contributed by atoms with Crippen molar-refractivity contribution in [3.8, 4) is 5.75 Å². The molecule has 0 amide bonds. The summed E-state index contributed by atoms with van der Waals surface area (Å²) >= 11 is 2.78. The van der Waals surface area contributed by atoms with Crippen LogP contribution in [-0.4, -0.2) is 16.7 Å². The van der Waals surface area contributed by atoms with E-state index in [-0.39, 0.29) is 11.7 Å². The van der Waals surface area contributed by atoms with E-state index >= 15 is 0 Å². The normalized spacial score (nSPS) is 11.9. The number of thiophene rings is 2. The maximum absolute atomic E-state index is 11.8. The van der Waals surface area contributed by atoms with E-state index in [4.69, 9.17) is 4.74 Å². The molecule has 2 rings (SSSR count). The van der Waals surface area contributed by atoms with Crippen LogP contribution in [0.2, 0.25) is 0 Å². The number of hydrogen-bond acceptors (Lipinski definition) is 5. The second kappa shape index (κ2) is 3.75. The lowest BCUT2D eigenvalue weighted by Gasteiger charge is -2.18. The zero-order valence-corrected chi connectivity index (χ0v) is 10.9. The third-order valence-corrected chi connectivity index (χ3v) is 4.08. The molecular formula is C11H12O3S2. The fourth-order valence-electron chi connectivity index (χ4n) is 1.24. The number of carbonyl (C=O) groups excluding carboxylic acids is 1. The topological polar surface area (TPSA) is 46.5 Å². The molecule has 5 heteroatoms. The molecule has 0 aliphatic heterocycles. The summed E-state index contributed by atoms with van der Waals surface area (Å²) in [6.45, 7) is 5.49. The first-order valence-corrected chi connectivity index (χ1v) is 6.50. The number of aromatic hydroxyl groups is 1. The van der Waals surface area contributed by atoms with E-state index in [1.54, 1.807) is 11.4 Å². The van der Waals surface area contributed by atoms with E-state index in [0.717, 1.165) is 9.40 Å². The van der Waals surface area contributed by atoms with Gasteiger partial charge in [0.15, 0.2) is 0 Å². The van der Waals surface area contributed by atoms with Crippen LogP contribution in [0.5, 0.6) is 5.75 Å². The Bertz CT molecular complexity index is 531. The van der Waals surface area contributed by atoms with Crippen LogP contribution >= 0.6 is 22.7 Å². The Balaban J connectivity index is 2.30. The predicted octanol–water partition coefficient (Wildman–Crippen LogP) is 3.62. The molecule has 0 spiro atoms. The van der Waals surface area contributed by atoms with Crippen molar-refractivity contribution in [1.29, 1.82) is 0 Å². The minimum Gasteiger partial charge on any atom is -0.506 e. The lowest BCUT2D eigenvalue weighted by Crippen LogP contribution is -2.23. The summed E-state index contributed by atoms with van der Waals surface area (Å²) in [6, 6.07) is 1.68. The number of hydrogen-bond donors (Lipinski definition) is 1. The largest absolute Gasteiger partial charge is 0.506 e. The number of esters is 1. The highest BCUT2D eigenvalue weighted by Crippen LogP contribution is 2.38. The molecule has 16 heavy (non-hydrogen) atoms. The van der Waals surface area contributed by atoms with Crippen molar-refractivity contribution in [2.75, 3.05) is 0 Å². The first kappa shape index (κ1) is 11.4. The summed E-state index contributed by atoms with van der Waals surface area (Å²) in [5, 5.41) is 11.9. The van der Waals surface area contributed by atoms with Crippen LogP contribution in [0, 0.1) is 0 Å². The molecule has 86 valence electrons. The smallest absolute Gasteiger partial charge is 0.348 e. The number of fused-ring (bicyclic) bond motifs is 1. The van der Waals surface area contributed by atoms with E-state index in [1.807, 2.05) is 20.8 Å². The summed E-state index contributed by atoms with van der Waals surface area (Å²) in [4.78, 5) is 12.3. The average molecular weight is 256 g/mol. The fraction of sp³-hybridized carbons (Fsp3) is 0.364. The van der Waals surface area contributed by atoms with Crippen molar-refractivity contribution in [2.24, 2.45) is 0 Å². The molecule has 0 aromatic carbocycles. The highest BCUT2D eigenvalue weighted by molar-refractivity contribution is 7.38. The van der Waals surface area contributed by atoms with Gasteiger partial charge in [0, 0.05) is 10.8 Å². The summed E-state index contributed by atoms with van der Waals surface area (Å²) in [7, 11) is 0. The van der Waals surface area contributed by atoms with Crippen molar-refractivity contribution in [3.63, 3.8) is 0 Å². The van der Waals surface area contributed by atoms with Crippen LogP contribution < -0.4 is 0 Å². The van der Waals surface area contributed by atoms with Gasteiger partial charge in [-0.25, -0.2) is 4.79 Å². The highest BCUT2D eigenvalue weighted by Gasteiger charge is 2.20. The van der Waals surface area contributed by atoms with E-state index in [0.29, 0.717) is 4.88 Å². The van der Waals surface area contributed by atoms with Crippen LogP contribution in [-0.2, 0) is 4.74 Å². The third-order valence-electron chi connectivity index (χ3n) is 1.85. The van der Waals surface area contributed by atoms with Crippen molar-refractivity contribution in [2.45, 2.75) is 26.4 Å². The number of carbonyl (C=O) groups is 1. The molecule has 0 fully saturated rings. The highest BCUT2D eigenvalue weighted by atomic mass is 32.2. The number of rotatable bonds is 1. The first-order valence-electron chi connectivity index (χ1n) is 4.80. The molecular weight excluding hydrogens is 244 g/mol. The standard InChI is InChI=1S/C11H12O3S2/c1-11(2,3)14-9(13)8-4-6-7(12)5-15-10(6)16-8/h4-5,12H,1-3H3. The van der Waals surface area contributed by atoms with Crippen molar-refractivity contribution >= 4 is 38.0 Å². The lowest BCUT2D eigenvalue weighted by atomic mass is 10.2. The maximum atomic E-state index is 11.8. The summed E-state index contributed by atoms with van der Waals surface area (Å²) in [5.41, 5.74) is -0.490. The van der Waals surface area contributed by atoms with Gasteiger partial charge < -0.3 is 9.84 Å². The first-order chi connectivity index (χ1) is 7.37. The van der Waals surface area contributed by atoms with Gasteiger partial charge in [0.2, 0.25) is 0 Å². The van der Waals surface area contributed by atoms with Gasteiger partial charge in [0.1, 0.15) is 16.2 Å². The van der Waals surface area contributed by atoms with Crippen LogP contribution in [0.25, 0.3) is 9.40 Å². The Labute approximate surface area is 101 Å². The second-order valence-electron chi connectivity index (χ2n) is 4.43. The molecule has 0 aliphatic carbocycles. The third kappa shape index (κ3) is 2.20. The molecule has 0 bridgehead atoms. The molecule has 0 saturated carbocycles. The minimum atomic E-state index is -0.490. The molecule has 2 heterocycles. The molecule has 2 aromatic rings. The van der Waals surface area contributed by atoms with Gasteiger partial charge in [0.05, 0.1) is 4.01 Å². The van der Waals surface area contributed by atoms with Crippen LogP contribution in [0.3, 0.4) is 0 Å². The van der Waals surface area contributed by atoms with Gasteiger partial charge in [-0.15, -0.1) is 22.7 Å². The average Bonchev–Trinajstić information content (AvgIpc) is 2.65. The minimum absolute atomic E-state index is 0.228. The van der Waals surface area contributed by atoms with Crippen molar-refractivity contribution in [1.82, 2.24) is 0 Å². The molecule has 2 aromatic heterocycles. The van der Waals surface area contributed by atoms with Crippen LogP contribution in [0.15, 0.2) is 11.4 Å². The quantitative estimate of drug-likeness (QED) is 0.793. The SMILES string of the molecule is CC(C)(C)OC(=O)c1cc2c(O)csc2s1. The second-order valence-corrected chi connectivity index (χ2v) is 6.62. The van der Waals surface area contributed by atoms with Gasteiger partial charge in [-0.2, -0.15) is 0 Å². The Hall–Kier alpha value is -1.07. The van der Waals surface area contributed by atoms with E-state index in [9.17, 15) is 9.90 Å². The zero-order chi connectivity index (χ0) is 11.9. The molecule has 0 aliphatic rings. The summed E-state index contributed by atoms with van der Waals surface area (Å²) in [6.07, 6.45) is 0. The van der Waals surface area contributed by atoms with Gasteiger partial charge in [-0.3, -0.25) is 0 Å². The molecule has 0 radical (unpaired) electrons. The molecule has 0 unspecified atom stereocenters. The monoisotopic (exact) mass is 256 g/mol. The Kier molecular flexibility index (Phi) is 2.67. The summed E-state index contributed by atoms with van der Waals surface area (Å²) < 4.78 is 6.20. The van der Waals surface area contributed by atoms with Crippen LogP contribution in [0.4, 0.5) is 0 Å². The lowest BCUT2D eigenvalue weighted by molar-refractivity contribution is 0.00753. The van der Waals surface area contributed by atoms with E-state index in [2.05, 4.69) is 0 Å². The van der Waals surface area contributed by atoms with Gasteiger partial charge in [0.25, 0.3) is 0 Å². The Morgan fingerprint density at radius 3 is 2.69 bits per heavy atom. The van der Waals surface area contributed by atoms with Crippen molar-refractivity contribution < 1.29 is 14.6 Å². The van der Waals surface area contributed by atoms with Gasteiger partial charge in [-0.1, -0.05) is 0 Å². The van der Waals surface area contributed by atoms with Crippen LogP contribution in [0.1, 0.15) is 30.4 Å². The Morgan fingerprint density at radius 1 is 1.44 bits per heavy atom. The molecule has 1 N–H and O–H groups in total. The molecule has 3 nitrogen and oxygen atoms in total. The Morgan fingerprint density at radius 2 is 2.12 bits per heavy atom. The van der Waals surface area contributed by atoms with E-state index in [1.165, 1.54) is 22.7 Å². The van der Waals surface area contributed by atoms with Gasteiger partial charge >= 0.3 is 5.97 Å². The zero-order valence-electron chi connectivity index (χ0n) is 9.23. The number of ether oxygens (including phenoxy) is 1. The van der Waals surface area contributed by atoms with Gasteiger partial charge in [-0.05, 0) is 26.8 Å². The maximum Gasteiger partial charge on any atom is 0.348 e. The van der Waals surface area contributed by atoms with Crippen molar-refractivity contribution in [3.05, 3.63) is 16.3 Å². The molecule has 0 atom stereocenters. The molecule has 0 saturated heterocycles. The predicted molar refractivity (Wildman–Crippen MR) is 66.5 cm³/mol. The summed E-state index contributed by atoms with van der Waals surface area (Å²) in [5.74, 6) is -0.105. The fourth-order valence-corrected chi connectivity index (χ4v) is 3.26.